The lowest BCUT2D eigenvalue weighted by molar-refractivity contribution is -0.130. The number of hydrogen-bond acceptors (Lipinski definition) is 7. The van der Waals surface area contributed by atoms with Gasteiger partial charge in [0.1, 0.15) is 6.33 Å². The maximum atomic E-state index is 12.7. The average molecular weight is 406 g/mol. The van der Waals surface area contributed by atoms with Gasteiger partial charge in [0.2, 0.25) is 17.7 Å². The second kappa shape index (κ2) is 8.69. The molecule has 0 radical (unpaired) electrons. The second-order valence-electron chi connectivity index (χ2n) is 8.06. The van der Waals surface area contributed by atoms with E-state index in [0.717, 1.165) is 35.5 Å². The van der Waals surface area contributed by atoms with Gasteiger partial charge in [0.15, 0.2) is 0 Å². The van der Waals surface area contributed by atoms with Gasteiger partial charge < -0.3 is 9.32 Å². The largest absolute Gasteiger partial charge is 0.425 e. The van der Waals surface area contributed by atoms with Crippen molar-refractivity contribution in [3.8, 4) is 11.1 Å². The van der Waals surface area contributed by atoms with Crippen molar-refractivity contribution in [2.45, 2.75) is 51.9 Å². The molecule has 1 unspecified atom stereocenters. The number of amides is 1. The van der Waals surface area contributed by atoms with Crippen LogP contribution in [0.4, 0.5) is 0 Å². The summed E-state index contributed by atoms with van der Waals surface area (Å²) in [7, 11) is 0. The van der Waals surface area contributed by atoms with E-state index in [9.17, 15) is 4.79 Å². The van der Waals surface area contributed by atoms with Crippen molar-refractivity contribution >= 4 is 5.91 Å². The minimum atomic E-state index is 0.117. The van der Waals surface area contributed by atoms with E-state index < -0.39 is 0 Å². The third-order valence-electron chi connectivity index (χ3n) is 5.36. The Labute approximate surface area is 175 Å². The maximum Gasteiger partial charge on any atom is 0.223 e. The second-order valence-corrected chi connectivity index (χ2v) is 8.06. The molecule has 4 rings (SSSR count). The van der Waals surface area contributed by atoms with Crippen molar-refractivity contribution in [3.63, 3.8) is 0 Å². The minimum absolute atomic E-state index is 0.117. The standard InChI is InChI=1S/C22H26N6O2/c1-14(2)22-27-26-20(30-22)4-5-21(29)28-7-6-16(12-28)19-9-17(8-15(3)25-19)18-10-23-13-24-11-18/h8-11,13-14,16H,4-7,12H2,1-3H3. The Morgan fingerprint density at radius 2 is 2.00 bits per heavy atom. The minimum Gasteiger partial charge on any atom is -0.425 e. The van der Waals surface area contributed by atoms with Crippen molar-refractivity contribution in [1.29, 1.82) is 0 Å². The van der Waals surface area contributed by atoms with Crippen LogP contribution in [0.2, 0.25) is 0 Å². The summed E-state index contributed by atoms with van der Waals surface area (Å²) in [5.74, 6) is 1.68. The van der Waals surface area contributed by atoms with E-state index in [2.05, 4.69) is 26.2 Å². The van der Waals surface area contributed by atoms with Gasteiger partial charge in [-0.3, -0.25) is 9.78 Å². The molecular weight excluding hydrogens is 380 g/mol. The van der Waals surface area contributed by atoms with E-state index in [1.165, 1.54) is 6.33 Å². The SMILES string of the molecule is Cc1cc(-c2cncnc2)cc(C2CCN(C(=O)CCc3nnc(C(C)C)o3)C2)n1. The van der Waals surface area contributed by atoms with Crippen molar-refractivity contribution < 1.29 is 9.21 Å². The number of rotatable bonds is 6. The summed E-state index contributed by atoms with van der Waals surface area (Å²) in [5, 5.41) is 8.06. The maximum absolute atomic E-state index is 12.7. The fraction of sp³-hybridized carbons (Fsp3) is 0.455. The number of nitrogens with zero attached hydrogens (tertiary/aromatic N) is 6. The van der Waals surface area contributed by atoms with Crippen LogP contribution in [0.3, 0.4) is 0 Å². The number of likely N-dealkylation sites (tertiary alicyclic amines) is 1. The molecule has 30 heavy (non-hydrogen) atoms. The van der Waals surface area contributed by atoms with Gasteiger partial charge in [0, 0.05) is 67.1 Å². The molecule has 1 aliphatic heterocycles. The molecule has 1 aliphatic rings. The van der Waals surface area contributed by atoms with Crippen molar-refractivity contribution in [2.75, 3.05) is 13.1 Å². The zero-order valence-corrected chi connectivity index (χ0v) is 17.6. The Bertz CT molecular complexity index is 1020. The molecule has 3 aromatic rings. The van der Waals surface area contributed by atoms with Crippen LogP contribution < -0.4 is 0 Å². The van der Waals surface area contributed by atoms with Crippen LogP contribution in [-0.4, -0.2) is 49.0 Å². The Balaban J connectivity index is 1.39. The van der Waals surface area contributed by atoms with Crippen LogP contribution in [0.5, 0.6) is 0 Å². The first kappa shape index (κ1) is 20.1. The fourth-order valence-electron chi connectivity index (χ4n) is 3.72. The first-order chi connectivity index (χ1) is 14.5. The first-order valence-electron chi connectivity index (χ1n) is 10.3. The van der Waals surface area contributed by atoms with Gasteiger partial charge in [-0.1, -0.05) is 13.8 Å². The van der Waals surface area contributed by atoms with Crippen LogP contribution in [0.25, 0.3) is 11.1 Å². The zero-order chi connectivity index (χ0) is 21.1. The molecule has 1 saturated heterocycles. The third kappa shape index (κ3) is 4.53. The smallest absolute Gasteiger partial charge is 0.223 e. The quantitative estimate of drug-likeness (QED) is 0.619. The first-order valence-corrected chi connectivity index (χ1v) is 10.3. The van der Waals surface area contributed by atoms with Crippen LogP contribution in [0, 0.1) is 6.92 Å². The van der Waals surface area contributed by atoms with Gasteiger partial charge in [-0.15, -0.1) is 10.2 Å². The predicted molar refractivity (Wildman–Crippen MR) is 111 cm³/mol. The van der Waals surface area contributed by atoms with Crippen LogP contribution in [-0.2, 0) is 11.2 Å². The molecular formula is C22H26N6O2. The molecule has 0 N–H and O–H groups in total. The number of hydrogen-bond donors (Lipinski definition) is 0. The molecule has 156 valence electrons. The van der Waals surface area contributed by atoms with Gasteiger partial charge in [-0.2, -0.15) is 0 Å². The molecule has 1 atom stereocenters. The van der Waals surface area contributed by atoms with Crippen molar-refractivity contribution in [3.05, 3.63) is 54.0 Å². The average Bonchev–Trinajstić information content (AvgIpc) is 3.42. The van der Waals surface area contributed by atoms with E-state index in [1.807, 2.05) is 31.7 Å². The molecule has 0 spiro atoms. The highest BCUT2D eigenvalue weighted by Gasteiger charge is 2.28. The molecule has 0 aromatic carbocycles. The van der Waals surface area contributed by atoms with Gasteiger partial charge in [0.25, 0.3) is 0 Å². The molecule has 0 aliphatic carbocycles. The van der Waals surface area contributed by atoms with Gasteiger partial charge >= 0.3 is 0 Å². The van der Waals surface area contributed by atoms with E-state index in [4.69, 9.17) is 9.40 Å². The number of aryl methyl sites for hydroxylation is 2. The Morgan fingerprint density at radius 3 is 2.73 bits per heavy atom. The number of aromatic nitrogens is 5. The molecule has 1 fully saturated rings. The highest BCUT2D eigenvalue weighted by molar-refractivity contribution is 5.76. The molecule has 4 heterocycles. The molecule has 8 heteroatoms. The summed E-state index contributed by atoms with van der Waals surface area (Å²) in [4.78, 5) is 27.6. The summed E-state index contributed by atoms with van der Waals surface area (Å²) in [6.07, 6.45) is 6.89. The molecule has 0 saturated carbocycles. The Morgan fingerprint density at radius 1 is 1.20 bits per heavy atom. The summed E-state index contributed by atoms with van der Waals surface area (Å²) in [6.45, 7) is 7.42. The highest BCUT2D eigenvalue weighted by atomic mass is 16.4. The summed E-state index contributed by atoms with van der Waals surface area (Å²) in [6, 6.07) is 4.13. The van der Waals surface area contributed by atoms with Crippen molar-refractivity contribution in [2.24, 2.45) is 0 Å². The lowest BCUT2D eigenvalue weighted by Crippen LogP contribution is -2.28. The van der Waals surface area contributed by atoms with E-state index in [0.29, 0.717) is 31.2 Å². The van der Waals surface area contributed by atoms with E-state index in [-0.39, 0.29) is 17.7 Å². The number of carbonyl (C=O) groups excluding carboxylic acids is 1. The van der Waals surface area contributed by atoms with Crippen LogP contribution in [0.1, 0.15) is 61.7 Å². The Kier molecular flexibility index (Phi) is 5.83. The highest BCUT2D eigenvalue weighted by Crippen LogP contribution is 2.30. The topological polar surface area (TPSA) is 97.9 Å². The van der Waals surface area contributed by atoms with Gasteiger partial charge in [-0.25, -0.2) is 9.97 Å². The molecule has 3 aromatic heterocycles. The lowest BCUT2D eigenvalue weighted by Gasteiger charge is -2.16. The van der Waals surface area contributed by atoms with E-state index >= 15 is 0 Å². The third-order valence-corrected chi connectivity index (χ3v) is 5.36. The predicted octanol–water partition coefficient (Wildman–Crippen LogP) is 3.30. The lowest BCUT2D eigenvalue weighted by atomic mass is 10.00. The van der Waals surface area contributed by atoms with Gasteiger partial charge in [0.05, 0.1) is 0 Å². The zero-order valence-electron chi connectivity index (χ0n) is 17.6. The number of pyridine rings is 1. The van der Waals surface area contributed by atoms with Gasteiger partial charge in [-0.05, 0) is 31.0 Å². The Hall–Kier alpha value is -3.16. The van der Waals surface area contributed by atoms with Crippen LogP contribution in [0.15, 0.2) is 35.3 Å². The molecule has 0 bridgehead atoms. The van der Waals surface area contributed by atoms with Crippen molar-refractivity contribution in [1.82, 2.24) is 30.0 Å². The van der Waals surface area contributed by atoms with E-state index in [1.54, 1.807) is 12.4 Å². The molecule has 1 amide bonds. The summed E-state index contributed by atoms with van der Waals surface area (Å²) >= 11 is 0. The monoisotopic (exact) mass is 406 g/mol. The number of carbonyl (C=O) groups is 1. The normalized spacial score (nSPS) is 16.4. The molecule has 8 nitrogen and oxygen atoms in total. The van der Waals surface area contributed by atoms with Crippen LogP contribution >= 0.6 is 0 Å². The fourth-order valence-corrected chi connectivity index (χ4v) is 3.72. The summed E-state index contributed by atoms with van der Waals surface area (Å²) in [5.41, 5.74) is 3.99. The summed E-state index contributed by atoms with van der Waals surface area (Å²) < 4.78 is 5.60.